The van der Waals surface area contributed by atoms with Crippen molar-refractivity contribution in [1.29, 1.82) is 0 Å². The number of benzene rings is 1. The van der Waals surface area contributed by atoms with Crippen LogP contribution >= 0.6 is 0 Å². The second-order valence-electron chi connectivity index (χ2n) is 9.32. The summed E-state index contributed by atoms with van der Waals surface area (Å²) in [5, 5.41) is 9.97. The zero-order chi connectivity index (χ0) is 24.6. The third-order valence-corrected chi connectivity index (χ3v) is 7.18. The maximum absolute atomic E-state index is 13.4. The Kier molecular flexibility index (Phi) is 9.48. The summed E-state index contributed by atoms with van der Waals surface area (Å²) in [6.07, 6.45) is 3.63. The number of ether oxygens (including phenoxy) is 1. The number of amides is 1. The van der Waals surface area contributed by atoms with Crippen molar-refractivity contribution in [2.45, 2.75) is 63.9 Å². The number of carbonyl (C=O) groups is 1. The molecule has 0 aliphatic carbocycles. The van der Waals surface area contributed by atoms with E-state index in [4.69, 9.17) is 4.74 Å². The second kappa shape index (κ2) is 11.7. The fraction of sp³-hybridized carbons (Fsp3) is 0.583. The van der Waals surface area contributed by atoms with Crippen LogP contribution in [0, 0.1) is 5.92 Å². The molecule has 1 heterocycles. The van der Waals surface area contributed by atoms with Gasteiger partial charge in [0.25, 0.3) is 5.56 Å². The summed E-state index contributed by atoms with van der Waals surface area (Å²) in [6, 6.07) is 6.28. The molecule has 9 heteroatoms. The molecule has 2 rings (SSSR count). The van der Waals surface area contributed by atoms with Gasteiger partial charge in [0.05, 0.1) is 10.6 Å². The fourth-order valence-corrected chi connectivity index (χ4v) is 5.61. The molecule has 0 fully saturated rings. The van der Waals surface area contributed by atoms with Gasteiger partial charge in [-0.3, -0.25) is 4.79 Å². The van der Waals surface area contributed by atoms with E-state index in [-0.39, 0.29) is 41.8 Å². The highest BCUT2D eigenvalue weighted by molar-refractivity contribution is 7.91. The maximum Gasteiger partial charge on any atom is 0.410 e. The van der Waals surface area contributed by atoms with Crippen LogP contribution in [0.5, 0.6) is 0 Å². The molecular weight excluding hydrogens is 444 g/mol. The summed E-state index contributed by atoms with van der Waals surface area (Å²) in [7, 11) is -3.74. The van der Waals surface area contributed by atoms with Crippen LogP contribution in [0.15, 0.2) is 40.2 Å². The molecule has 1 amide bonds. The van der Waals surface area contributed by atoms with Crippen molar-refractivity contribution in [3.05, 3.63) is 40.8 Å². The van der Waals surface area contributed by atoms with E-state index in [1.54, 1.807) is 39.0 Å². The lowest BCUT2D eigenvalue weighted by atomic mass is 10.0. The Hall–Kier alpha value is -2.39. The van der Waals surface area contributed by atoms with Crippen LogP contribution in [-0.4, -0.2) is 60.6 Å². The minimum Gasteiger partial charge on any atom is -0.444 e. The molecule has 2 N–H and O–H groups in total. The van der Waals surface area contributed by atoms with Gasteiger partial charge in [0, 0.05) is 36.7 Å². The Balaban J connectivity index is 2.34. The number of hydrogen-bond acceptors (Lipinski definition) is 6. The Labute approximate surface area is 195 Å². The molecule has 33 heavy (non-hydrogen) atoms. The average Bonchev–Trinajstić information content (AvgIpc) is 2.73. The normalized spacial score (nSPS) is 13.1. The van der Waals surface area contributed by atoms with E-state index >= 15 is 0 Å². The van der Waals surface area contributed by atoms with Crippen LogP contribution in [0.4, 0.5) is 4.79 Å². The molecule has 0 saturated carbocycles. The molecule has 1 unspecified atom stereocenters. The first-order valence-electron chi connectivity index (χ1n) is 11.4. The molecule has 0 aliphatic rings. The van der Waals surface area contributed by atoms with Gasteiger partial charge in [-0.25, -0.2) is 13.2 Å². The van der Waals surface area contributed by atoms with E-state index in [2.05, 4.69) is 4.98 Å². The number of unbranched alkanes of at least 4 members (excludes halogenated alkanes) is 1. The molecule has 8 nitrogen and oxygen atoms in total. The summed E-state index contributed by atoms with van der Waals surface area (Å²) >= 11 is 0. The van der Waals surface area contributed by atoms with Gasteiger partial charge in [0.2, 0.25) is 0 Å². The highest BCUT2D eigenvalue weighted by Crippen LogP contribution is 2.25. The number of aromatic nitrogens is 1. The van der Waals surface area contributed by atoms with E-state index in [0.717, 1.165) is 12.8 Å². The van der Waals surface area contributed by atoms with Gasteiger partial charge < -0.3 is 19.7 Å². The molecule has 2 aromatic rings. The van der Waals surface area contributed by atoms with E-state index < -0.39 is 21.5 Å². The minimum atomic E-state index is -3.74. The molecule has 0 aliphatic heterocycles. The Bertz CT molecular complexity index is 1090. The summed E-state index contributed by atoms with van der Waals surface area (Å²) in [5.74, 6) is -0.476. The Morgan fingerprint density at radius 2 is 1.91 bits per heavy atom. The number of aliphatic hydroxyl groups excluding tert-OH is 1. The van der Waals surface area contributed by atoms with Crippen molar-refractivity contribution in [1.82, 2.24) is 9.88 Å². The standard InChI is InChI=1S/C24H36N2O6S/c1-5-6-9-18(16-26(14-8-15-27)23(29)32-24(2,3)4)17-33(30,31)21-11-7-10-20-19(21)12-13-25-22(20)28/h7,10-13,18,27H,5-6,8-9,14-17H2,1-4H3,(H,25,28). The lowest BCUT2D eigenvalue weighted by molar-refractivity contribution is 0.0212. The van der Waals surface area contributed by atoms with E-state index in [0.29, 0.717) is 23.6 Å². The van der Waals surface area contributed by atoms with Crippen molar-refractivity contribution in [2.24, 2.45) is 5.92 Å². The van der Waals surface area contributed by atoms with Crippen LogP contribution in [0.2, 0.25) is 0 Å². The largest absolute Gasteiger partial charge is 0.444 e. The summed E-state index contributed by atoms with van der Waals surface area (Å²) in [5.41, 5.74) is -1.03. The van der Waals surface area contributed by atoms with E-state index in [1.807, 2.05) is 6.92 Å². The van der Waals surface area contributed by atoms with Gasteiger partial charge in [-0.1, -0.05) is 25.8 Å². The van der Waals surface area contributed by atoms with Gasteiger partial charge in [-0.05, 0) is 57.7 Å². The number of fused-ring (bicyclic) bond motifs is 1. The van der Waals surface area contributed by atoms with Crippen LogP contribution < -0.4 is 5.56 Å². The monoisotopic (exact) mass is 480 g/mol. The molecule has 1 aromatic heterocycles. The van der Waals surface area contributed by atoms with Crippen molar-refractivity contribution >= 4 is 26.7 Å². The minimum absolute atomic E-state index is 0.0816. The molecular formula is C24H36N2O6S. The number of hydrogen-bond donors (Lipinski definition) is 2. The van der Waals surface area contributed by atoms with Crippen molar-refractivity contribution in [3.63, 3.8) is 0 Å². The zero-order valence-corrected chi connectivity index (χ0v) is 20.8. The van der Waals surface area contributed by atoms with Crippen LogP contribution in [-0.2, 0) is 14.6 Å². The molecule has 0 saturated heterocycles. The number of nitrogens with zero attached hydrogens (tertiary/aromatic N) is 1. The van der Waals surface area contributed by atoms with E-state index in [1.165, 1.54) is 17.2 Å². The first-order valence-corrected chi connectivity index (χ1v) is 13.1. The van der Waals surface area contributed by atoms with Gasteiger partial charge in [0.15, 0.2) is 9.84 Å². The molecule has 0 bridgehead atoms. The molecule has 184 valence electrons. The maximum atomic E-state index is 13.4. The zero-order valence-electron chi connectivity index (χ0n) is 20.0. The van der Waals surface area contributed by atoms with Gasteiger partial charge in [-0.15, -0.1) is 0 Å². The number of aromatic amines is 1. The number of H-pyrrole nitrogens is 1. The number of pyridine rings is 1. The number of carbonyl (C=O) groups excluding carboxylic acids is 1. The third-order valence-electron chi connectivity index (χ3n) is 5.25. The van der Waals surface area contributed by atoms with Crippen LogP contribution in [0.25, 0.3) is 10.8 Å². The van der Waals surface area contributed by atoms with Crippen molar-refractivity contribution in [2.75, 3.05) is 25.4 Å². The summed E-state index contributed by atoms with van der Waals surface area (Å²) in [6.45, 7) is 7.75. The van der Waals surface area contributed by atoms with Crippen molar-refractivity contribution in [3.8, 4) is 0 Å². The molecule has 1 aromatic carbocycles. The van der Waals surface area contributed by atoms with Crippen LogP contribution in [0.1, 0.15) is 53.4 Å². The topological polar surface area (TPSA) is 117 Å². The fourth-order valence-electron chi connectivity index (χ4n) is 3.74. The predicted molar refractivity (Wildman–Crippen MR) is 129 cm³/mol. The Morgan fingerprint density at radius 3 is 2.55 bits per heavy atom. The molecule has 0 radical (unpaired) electrons. The molecule has 0 spiro atoms. The van der Waals surface area contributed by atoms with E-state index in [9.17, 15) is 23.1 Å². The number of sulfone groups is 1. The highest BCUT2D eigenvalue weighted by Gasteiger charge is 2.28. The highest BCUT2D eigenvalue weighted by atomic mass is 32.2. The predicted octanol–water partition coefficient (Wildman–Crippen LogP) is 3.73. The SMILES string of the molecule is CCCCC(CN(CCCO)C(=O)OC(C)(C)C)CS(=O)(=O)c1cccc2c(=O)[nH]ccc12. The van der Waals surface area contributed by atoms with Crippen LogP contribution in [0.3, 0.4) is 0 Å². The number of aliphatic hydroxyl groups is 1. The van der Waals surface area contributed by atoms with Gasteiger partial charge in [0.1, 0.15) is 5.60 Å². The van der Waals surface area contributed by atoms with Crippen molar-refractivity contribution < 1.29 is 23.1 Å². The average molecular weight is 481 g/mol. The summed E-state index contributed by atoms with van der Waals surface area (Å²) in [4.78, 5) is 29.1. The molecule has 1 atom stereocenters. The Morgan fingerprint density at radius 1 is 1.18 bits per heavy atom. The van der Waals surface area contributed by atoms with Gasteiger partial charge >= 0.3 is 6.09 Å². The lowest BCUT2D eigenvalue weighted by Gasteiger charge is -2.30. The first-order chi connectivity index (χ1) is 15.5. The first kappa shape index (κ1) is 26.9. The third kappa shape index (κ3) is 7.85. The smallest absolute Gasteiger partial charge is 0.410 e. The second-order valence-corrected chi connectivity index (χ2v) is 11.3. The number of rotatable bonds is 11. The lowest BCUT2D eigenvalue weighted by Crippen LogP contribution is -2.41. The quantitative estimate of drug-likeness (QED) is 0.506. The number of nitrogens with one attached hydrogen (secondary N) is 1. The van der Waals surface area contributed by atoms with Gasteiger partial charge in [-0.2, -0.15) is 0 Å². The summed E-state index contributed by atoms with van der Waals surface area (Å²) < 4.78 is 32.4.